The molecule has 0 aliphatic heterocycles. The van der Waals surface area contributed by atoms with Crippen molar-refractivity contribution in [1.82, 2.24) is 4.98 Å². The van der Waals surface area contributed by atoms with E-state index in [4.69, 9.17) is 5.73 Å². The number of nitrogens with two attached hydrogens (primary N) is 1. The average molecular weight is 242 g/mol. The summed E-state index contributed by atoms with van der Waals surface area (Å²) in [5, 5.41) is 10.1. The van der Waals surface area contributed by atoms with Crippen molar-refractivity contribution in [2.45, 2.75) is 6.10 Å². The molecule has 1 aromatic heterocycles. The Balaban J connectivity index is 2.37. The maximum atomic E-state index is 12.9. The van der Waals surface area contributed by atoms with Crippen molar-refractivity contribution in [2.24, 2.45) is 0 Å². The van der Waals surface area contributed by atoms with Crippen LogP contribution < -0.4 is 5.73 Å². The minimum Gasteiger partial charge on any atom is -0.383 e. The van der Waals surface area contributed by atoms with Crippen molar-refractivity contribution < 1.29 is 13.9 Å². The summed E-state index contributed by atoms with van der Waals surface area (Å²) in [5.41, 5.74) is 5.54. The Labute approximate surface area is 94.2 Å². The van der Waals surface area contributed by atoms with Gasteiger partial charge in [0, 0.05) is 12.3 Å². The zero-order chi connectivity index (χ0) is 11.7. The lowest BCUT2D eigenvalue weighted by Gasteiger charge is -2.08. The first-order chi connectivity index (χ1) is 7.56. The van der Waals surface area contributed by atoms with E-state index < -0.39 is 17.7 Å². The van der Waals surface area contributed by atoms with Crippen LogP contribution in [0, 0.1) is 11.6 Å². The van der Waals surface area contributed by atoms with E-state index in [1.54, 1.807) is 0 Å². The van der Waals surface area contributed by atoms with Crippen molar-refractivity contribution in [3.05, 3.63) is 46.5 Å². The first kappa shape index (κ1) is 11.0. The fourth-order valence-corrected chi connectivity index (χ4v) is 2.02. The molecule has 0 radical (unpaired) electrons. The van der Waals surface area contributed by atoms with Gasteiger partial charge in [0.25, 0.3) is 0 Å². The fraction of sp³-hybridized carbons (Fsp3) is 0.100. The molecular formula is C10H8F2N2OS. The fourth-order valence-electron chi connectivity index (χ4n) is 1.32. The maximum absolute atomic E-state index is 12.9. The topological polar surface area (TPSA) is 59.1 Å². The third kappa shape index (κ3) is 2.17. The quantitative estimate of drug-likeness (QED) is 0.847. The Morgan fingerprint density at radius 1 is 1.25 bits per heavy atom. The number of rotatable bonds is 2. The molecule has 2 rings (SSSR count). The van der Waals surface area contributed by atoms with E-state index in [1.165, 1.54) is 6.20 Å². The first-order valence-corrected chi connectivity index (χ1v) is 5.23. The highest BCUT2D eigenvalue weighted by molar-refractivity contribution is 7.15. The molecule has 6 heteroatoms. The molecule has 0 amide bonds. The summed E-state index contributed by atoms with van der Waals surface area (Å²) in [7, 11) is 0. The Morgan fingerprint density at radius 2 is 1.88 bits per heavy atom. The van der Waals surface area contributed by atoms with Crippen LogP contribution in [-0.4, -0.2) is 10.1 Å². The number of anilines is 1. The van der Waals surface area contributed by atoms with Gasteiger partial charge in [-0.15, -0.1) is 0 Å². The minimum absolute atomic E-state index is 0.140. The van der Waals surface area contributed by atoms with Crippen LogP contribution >= 0.6 is 11.3 Å². The lowest BCUT2D eigenvalue weighted by Crippen LogP contribution is -1.98. The molecule has 0 aliphatic rings. The Kier molecular flexibility index (Phi) is 2.84. The van der Waals surface area contributed by atoms with E-state index in [2.05, 4.69) is 4.98 Å². The number of hydrogen-bond acceptors (Lipinski definition) is 4. The molecule has 0 saturated carbocycles. The molecule has 0 spiro atoms. The van der Waals surface area contributed by atoms with Gasteiger partial charge in [-0.3, -0.25) is 0 Å². The van der Waals surface area contributed by atoms with Gasteiger partial charge in [0.05, 0.1) is 4.88 Å². The Hall–Kier alpha value is -1.53. The van der Waals surface area contributed by atoms with Gasteiger partial charge >= 0.3 is 0 Å². The standard InChI is InChI=1S/C10H8F2N2OS/c11-6-1-5(2-7(12)3-6)9(15)8-4-14-10(13)16-8/h1-4,9,15H,(H2,13,14). The number of benzene rings is 1. The van der Waals surface area contributed by atoms with Crippen LogP contribution in [0.15, 0.2) is 24.4 Å². The number of nitrogen functional groups attached to an aromatic ring is 1. The molecule has 3 N–H and O–H groups in total. The summed E-state index contributed by atoms with van der Waals surface area (Å²) in [6, 6.07) is 2.89. The summed E-state index contributed by atoms with van der Waals surface area (Å²) in [4.78, 5) is 4.20. The molecule has 0 saturated heterocycles. The highest BCUT2D eigenvalue weighted by Gasteiger charge is 2.15. The van der Waals surface area contributed by atoms with Crippen LogP contribution in [0.3, 0.4) is 0 Å². The monoisotopic (exact) mass is 242 g/mol. The van der Waals surface area contributed by atoms with E-state index in [1.807, 2.05) is 0 Å². The number of hydrogen-bond donors (Lipinski definition) is 2. The maximum Gasteiger partial charge on any atom is 0.180 e. The van der Waals surface area contributed by atoms with Gasteiger partial charge in [-0.25, -0.2) is 13.8 Å². The molecule has 3 nitrogen and oxygen atoms in total. The number of thiazole rings is 1. The van der Waals surface area contributed by atoms with Crippen LogP contribution in [0.5, 0.6) is 0 Å². The number of nitrogens with zero attached hydrogens (tertiary/aromatic N) is 1. The molecule has 84 valence electrons. The third-order valence-corrected chi connectivity index (χ3v) is 2.89. The predicted molar refractivity (Wildman–Crippen MR) is 56.9 cm³/mol. The van der Waals surface area contributed by atoms with Crippen molar-refractivity contribution in [3.8, 4) is 0 Å². The molecule has 0 aliphatic carbocycles. The van der Waals surface area contributed by atoms with Gasteiger partial charge in [-0.2, -0.15) is 0 Å². The molecule has 0 fully saturated rings. The van der Waals surface area contributed by atoms with Crippen LogP contribution in [-0.2, 0) is 0 Å². The molecule has 2 aromatic rings. The van der Waals surface area contributed by atoms with E-state index in [0.717, 1.165) is 29.5 Å². The van der Waals surface area contributed by atoms with Gasteiger partial charge in [-0.05, 0) is 17.7 Å². The van der Waals surface area contributed by atoms with E-state index in [0.29, 0.717) is 10.0 Å². The van der Waals surface area contributed by atoms with Gasteiger partial charge in [-0.1, -0.05) is 11.3 Å². The smallest absolute Gasteiger partial charge is 0.180 e. The second-order valence-corrected chi connectivity index (χ2v) is 4.30. The van der Waals surface area contributed by atoms with E-state index in [-0.39, 0.29) is 5.56 Å². The Bertz CT molecular complexity index is 495. The lowest BCUT2D eigenvalue weighted by molar-refractivity contribution is 0.223. The second kappa shape index (κ2) is 4.15. The van der Waals surface area contributed by atoms with Gasteiger partial charge in [0.1, 0.15) is 17.7 Å². The summed E-state index contributed by atoms with van der Waals surface area (Å²) < 4.78 is 25.8. The predicted octanol–water partition coefficient (Wildman–Crippen LogP) is 2.09. The average Bonchev–Trinajstić information content (AvgIpc) is 2.62. The van der Waals surface area contributed by atoms with Crippen LogP contribution in [0.1, 0.15) is 16.5 Å². The molecule has 0 bridgehead atoms. The third-order valence-electron chi connectivity index (χ3n) is 2.01. The molecule has 1 aromatic carbocycles. The number of aliphatic hydroxyl groups is 1. The summed E-state index contributed by atoms with van der Waals surface area (Å²) in [6.07, 6.45) is 0.271. The highest BCUT2D eigenvalue weighted by Crippen LogP contribution is 2.28. The number of aromatic nitrogens is 1. The van der Waals surface area contributed by atoms with Gasteiger partial charge in [0.15, 0.2) is 5.13 Å². The van der Waals surface area contributed by atoms with Gasteiger partial charge < -0.3 is 10.8 Å². The zero-order valence-electron chi connectivity index (χ0n) is 8.02. The van der Waals surface area contributed by atoms with Crippen LogP contribution in [0.4, 0.5) is 13.9 Å². The van der Waals surface area contributed by atoms with E-state index in [9.17, 15) is 13.9 Å². The van der Waals surface area contributed by atoms with Crippen LogP contribution in [0.2, 0.25) is 0 Å². The highest BCUT2D eigenvalue weighted by atomic mass is 32.1. The summed E-state index contributed by atoms with van der Waals surface area (Å²) >= 11 is 1.07. The molecule has 1 atom stereocenters. The molecule has 1 unspecified atom stereocenters. The minimum atomic E-state index is -1.11. The number of aliphatic hydroxyl groups excluding tert-OH is 1. The van der Waals surface area contributed by atoms with Crippen molar-refractivity contribution in [2.75, 3.05) is 5.73 Å². The van der Waals surface area contributed by atoms with E-state index >= 15 is 0 Å². The first-order valence-electron chi connectivity index (χ1n) is 4.41. The normalized spacial score (nSPS) is 12.7. The second-order valence-electron chi connectivity index (χ2n) is 3.21. The lowest BCUT2D eigenvalue weighted by atomic mass is 10.1. The molecule has 1 heterocycles. The summed E-state index contributed by atoms with van der Waals surface area (Å²) in [6.45, 7) is 0. The van der Waals surface area contributed by atoms with Crippen molar-refractivity contribution in [1.29, 1.82) is 0 Å². The SMILES string of the molecule is Nc1ncc(C(O)c2cc(F)cc(F)c2)s1. The zero-order valence-corrected chi connectivity index (χ0v) is 8.84. The largest absolute Gasteiger partial charge is 0.383 e. The molecule has 16 heavy (non-hydrogen) atoms. The van der Waals surface area contributed by atoms with Crippen LogP contribution in [0.25, 0.3) is 0 Å². The Morgan fingerprint density at radius 3 is 2.38 bits per heavy atom. The van der Waals surface area contributed by atoms with Crippen molar-refractivity contribution >= 4 is 16.5 Å². The summed E-state index contributed by atoms with van der Waals surface area (Å²) in [5.74, 6) is -1.46. The van der Waals surface area contributed by atoms with Gasteiger partial charge in [0.2, 0.25) is 0 Å². The molecular weight excluding hydrogens is 234 g/mol. The number of halogens is 2. The van der Waals surface area contributed by atoms with Crippen molar-refractivity contribution in [3.63, 3.8) is 0 Å².